The summed E-state index contributed by atoms with van der Waals surface area (Å²) in [6, 6.07) is 0.733. The lowest BCUT2D eigenvalue weighted by Gasteiger charge is -2.18. The monoisotopic (exact) mass is 196 g/mol. The Kier molecular flexibility index (Phi) is 2.77. The van der Waals surface area contributed by atoms with E-state index in [0.29, 0.717) is 12.1 Å². The molecule has 0 aromatic rings. The van der Waals surface area contributed by atoms with Gasteiger partial charge in [0.1, 0.15) is 0 Å². The van der Waals surface area contributed by atoms with Gasteiger partial charge >= 0.3 is 0 Å². The predicted octanol–water partition coefficient (Wildman–Crippen LogP) is 0.899. The number of hydrogen-bond donors (Lipinski definition) is 2. The third-order valence-electron chi connectivity index (χ3n) is 3.56. The van der Waals surface area contributed by atoms with Crippen LogP contribution < -0.4 is 10.6 Å². The smallest absolute Gasteiger partial charge is 0.224 e. The molecule has 3 nitrogen and oxygen atoms in total. The van der Waals surface area contributed by atoms with Crippen molar-refractivity contribution in [2.45, 2.75) is 45.2 Å². The van der Waals surface area contributed by atoms with Crippen LogP contribution in [0.2, 0.25) is 0 Å². The summed E-state index contributed by atoms with van der Waals surface area (Å²) in [5.41, 5.74) is 0. The average Bonchev–Trinajstić information content (AvgIpc) is 2.89. The van der Waals surface area contributed by atoms with Gasteiger partial charge in [-0.3, -0.25) is 4.79 Å². The SMILES string of the molecule is CC(NC(=O)C1CCNC1C)C1CC1. The average molecular weight is 196 g/mol. The fourth-order valence-electron chi connectivity index (χ4n) is 2.26. The lowest BCUT2D eigenvalue weighted by atomic mass is 10.0. The van der Waals surface area contributed by atoms with Crippen LogP contribution in [-0.4, -0.2) is 24.5 Å². The predicted molar refractivity (Wildman–Crippen MR) is 55.9 cm³/mol. The van der Waals surface area contributed by atoms with E-state index in [1.165, 1.54) is 12.8 Å². The van der Waals surface area contributed by atoms with E-state index < -0.39 is 0 Å². The third-order valence-corrected chi connectivity index (χ3v) is 3.56. The van der Waals surface area contributed by atoms with E-state index in [1.54, 1.807) is 0 Å². The molecule has 1 saturated heterocycles. The van der Waals surface area contributed by atoms with E-state index in [1.807, 2.05) is 0 Å². The Hall–Kier alpha value is -0.570. The van der Waals surface area contributed by atoms with Crippen molar-refractivity contribution in [3.05, 3.63) is 0 Å². The Balaban J connectivity index is 1.81. The van der Waals surface area contributed by atoms with Crippen molar-refractivity contribution in [1.29, 1.82) is 0 Å². The molecule has 0 aromatic carbocycles. The molecule has 1 amide bonds. The van der Waals surface area contributed by atoms with E-state index in [0.717, 1.165) is 18.9 Å². The molecule has 0 aromatic heterocycles. The van der Waals surface area contributed by atoms with Crippen molar-refractivity contribution in [3.8, 4) is 0 Å². The second-order valence-electron chi connectivity index (χ2n) is 4.77. The Morgan fingerprint density at radius 2 is 2.14 bits per heavy atom. The molecule has 3 unspecified atom stereocenters. The lowest BCUT2D eigenvalue weighted by Crippen LogP contribution is -2.41. The van der Waals surface area contributed by atoms with Gasteiger partial charge in [0.25, 0.3) is 0 Å². The number of carbonyl (C=O) groups excluding carboxylic acids is 1. The maximum atomic E-state index is 11.8. The molecule has 3 heteroatoms. The molecule has 3 atom stereocenters. The molecule has 1 aliphatic heterocycles. The van der Waals surface area contributed by atoms with Gasteiger partial charge in [-0.05, 0) is 45.6 Å². The maximum absolute atomic E-state index is 11.8. The Morgan fingerprint density at radius 1 is 1.43 bits per heavy atom. The second kappa shape index (κ2) is 3.89. The van der Waals surface area contributed by atoms with E-state index in [4.69, 9.17) is 0 Å². The van der Waals surface area contributed by atoms with Gasteiger partial charge in [0, 0.05) is 12.1 Å². The van der Waals surface area contributed by atoms with Gasteiger partial charge in [-0.15, -0.1) is 0 Å². The van der Waals surface area contributed by atoms with Crippen LogP contribution in [0.4, 0.5) is 0 Å². The van der Waals surface area contributed by atoms with Crippen LogP contribution in [0, 0.1) is 11.8 Å². The van der Waals surface area contributed by atoms with Gasteiger partial charge in [-0.25, -0.2) is 0 Å². The van der Waals surface area contributed by atoms with Gasteiger partial charge in [0.15, 0.2) is 0 Å². The molecule has 2 rings (SSSR count). The minimum atomic E-state index is 0.191. The highest BCUT2D eigenvalue weighted by Crippen LogP contribution is 2.32. The number of nitrogens with one attached hydrogen (secondary N) is 2. The Labute approximate surface area is 85.6 Å². The molecule has 2 N–H and O–H groups in total. The highest BCUT2D eigenvalue weighted by Gasteiger charge is 2.33. The Morgan fingerprint density at radius 3 is 2.64 bits per heavy atom. The van der Waals surface area contributed by atoms with Crippen molar-refractivity contribution >= 4 is 5.91 Å². The van der Waals surface area contributed by atoms with Crippen molar-refractivity contribution < 1.29 is 4.79 Å². The van der Waals surface area contributed by atoms with Crippen LogP contribution >= 0.6 is 0 Å². The van der Waals surface area contributed by atoms with Gasteiger partial charge < -0.3 is 10.6 Å². The Bertz CT molecular complexity index is 225. The van der Waals surface area contributed by atoms with Crippen molar-refractivity contribution in [1.82, 2.24) is 10.6 Å². The van der Waals surface area contributed by atoms with E-state index in [9.17, 15) is 4.79 Å². The van der Waals surface area contributed by atoms with Crippen LogP contribution in [0.1, 0.15) is 33.1 Å². The minimum absolute atomic E-state index is 0.191. The zero-order valence-corrected chi connectivity index (χ0v) is 9.05. The largest absolute Gasteiger partial charge is 0.353 e. The summed E-state index contributed by atoms with van der Waals surface area (Å²) in [4.78, 5) is 11.8. The van der Waals surface area contributed by atoms with Crippen molar-refractivity contribution in [3.63, 3.8) is 0 Å². The lowest BCUT2D eigenvalue weighted by molar-refractivity contribution is -0.125. The molecule has 80 valence electrons. The van der Waals surface area contributed by atoms with Crippen LogP contribution in [-0.2, 0) is 4.79 Å². The summed E-state index contributed by atoms with van der Waals surface area (Å²) in [5.74, 6) is 1.20. The first-order valence-electron chi connectivity index (χ1n) is 5.72. The first-order valence-corrected chi connectivity index (χ1v) is 5.72. The normalized spacial score (nSPS) is 34.1. The summed E-state index contributed by atoms with van der Waals surface area (Å²) in [6.45, 7) is 5.21. The standard InChI is InChI=1S/C11H20N2O/c1-7(9-3-4-9)13-11(14)10-5-6-12-8(10)2/h7-10,12H,3-6H2,1-2H3,(H,13,14). The first-order chi connectivity index (χ1) is 6.68. The maximum Gasteiger partial charge on any atom is 0.224 e. The molecule has 2 fully saturated rings. The van der Waals surface area contributed by atoms with Crippen LogP contribution in [0.3, 0.4) is 0 Å². The quantitative estimate of drug-likeness (QED) is 0.704. The molecule has 2 aliphatic rings. The van der Waals surface area contributed by atoms with Gasteiger partial charge in [0.05, 0.1) is 5.92 Å². The molecule has 1 saturated carbocycles. The fraction of sp³-hybridized carbons (Fsp3) is 0.909. The molecule has 0 radical (unpaired) electrons. The van der Waals surface area contributed by atoms with E-state index in [-0.39, 0.29) is 11.8 Å². The molecular weight excluding hydrogens is 176 g/mol. The summed E-state index contributed by atoms with van der Waals surface area (Å²) in [5, 5.41) is 6.44. The fourth-order valence-corrected chi connectivity index (χ4v) is 2.26. The number of rotatable bonds is 3. The number of carbonyl (C=O) groups is 1. The zero-order valence-electron chi connectivity index (χ0n) is 9.05. The molecule has 1 aliphatic carbocycles. The topological polar surface area (TPSA) is 41.1 Å². The zero-order chi connectivity index (χ0) is 10.1. The van der Waals surface area contributed by atoms with Crippen LogP contribution in [0.15, 0.2) is 0 Å². The number of amides is 1. The second-order valence-corrected chi connectivity index (χ2v) is 4.77. The van der Waals surface area contributed by atoms with Gasteiger partial charge in [-0.1, -0.05) is 0 Å². The molecule has 14 heavy (non-hydrogen) atoms. The summed E-state index contributed by atoms with van der Waals surface area (Å²) in [7, 11) is 0. The van der Waals surface area contributed by atoms with E-state index >= 15 is 0 Å². The van der Waals surface area contributed by atoms with Gasteiger partial charge in [0.2, 0.25) is 5.91 Å². The number of hydrogen-bond acceptors (Lipinski definition) is 2. The molecule has 0 spiro atoms. The molecule has 1 heterocycles. The minimum Gasteiger partial charge on any atom is -0.353 e. The third kappa shape index (κ3) is 2.08. The first kappa shape index (κ1) is 9.97. The summed E-state index contributed by atoms with van der Waals surface area (Å²) in [6.07, 6.45) is 3.57. The van der Waals surface area contributed by atoms with Crippen molar-refractivity contribution in [2.75, 3.05) is 6.54 Å². The summed E-state index contributed by atoms with van der Waals surface area (Å²) >= 11 is 0. The highest BCUT2D eigenvalue weighted by molar-refractivity contribution is 5.80. The molecule has 0 bridgehead atoms. The summed E-state index contributed by atoms with van der Waals surface area (Å²) < 4.78 is 0. The highest BCUT2D eigenvalue weighted by atomic mass is 16.2. The van der Waals surface area contributed by atoms with Gasteiger partial charge in [-0.2, -0.15) is 0 Å². The van der Waals surface area contributed by atoms with Crippen LogP contribution in [0.5, 0.6) is 0 Å². The molecular formula is C11H20N2O. The van der Waals surface area contributed by atoms with E-state index in [2.05, 4.69) is 24.5 Å². The van der Waals surface area contributed by atoms with Crippen molar-refractivity contribution in [2.24, 2.45) is 11.8 Å². The van der Waals surface area contributed by atoms with Crippen LogP contribution in [0.25, 0.3) is 0 Å².